The van der Waals surface area contributed by atoms with E-state index in [1.165, 1.54) is 0 Å². The van der Waals surface area contributed by atoms with Gasteiger partial charge in [-0.25, -0.2) is 0 Å². The fraction of sp³-hybridized carbons (Fsp3) is 0. The molecule has 0 unspecified atom stereocenters. The predicted molar refractivity (Wildman–Crippen MR) is 45.2 cm³/mol. The topological polar surface area (TPSA) is 253 Å². The minimum Gasteiger partial charge on any atom is -0.672 e. The van der Waals surface area contributed by atoms with Crippen LogP contribution in [0.2, 0.25) is 0 Å². The first-order valence-corrected chi connectivity index (χ1v) is 7.35. The van der Waals surface area contributed by atoms with Gasteiger partial charge in [0.15, 0.2) is 0 Å². The minimum atomic E-state index is -3.63. The van der Waals surface area contributed by atoms with Gasteiger partial charge in [-0.15, -0.1) is 0 Å². The standard InChI is InChI=1S/3Mg.4O3Si/c;;;4*1-4(2)3/q3*+2;4*-2/p+2. The molecule has 0 aromatic carbocycles. The summed E-state index contributed by atoms with van der Waals surface area (Å²) in [5.74, 6) is 0. The molecule has 0 fully saturated rings. The quantitative estimate of drug-likeness (QED) is 0.355. The molecule has 0 aliphatic rings. The number of hydrogen-bond donors (Lipinski definition) is 0. The summed E-state index contributed by atoms with van der Waals surface area (Å²) in [6, 6.07) is 0. The van der Waals surface area contributed by atoms with Gasteiger partial charge in [0.25, 0.3) is 0 Å². The maximum absolute atomic E-state index is 8.52. The summed E-state index contributed by atoms with van der Waals surface area (Å²) in [6.45, 7) is 0. The van der Waals surface area contributed by atoms with E-state index in [9.17, 15) is 0 Å². The average molecular weight is 379 g/mol. The summed E-state index contributed by atoms with van der Waals surface area (Å²) < 4.78 is 34.1. The monoisotopic (exact) mass is 378 g/mol. The molecule has 12 nitrogen and oxygen atoms in total. The van der Waals surface area contributed by atoms with Crippen LogP contribution in [-0.2, 0) is 17.8 Å². The molecule has 19 heteroatoms. The zero-order chi connectivity index (χ0) is 14.3. The fourth-order valence-corrected chi connectivity index (χ4v) is 0. The third-order valence-corrected chi connectivity index (χ3v) is 0. The normalized spacial score (nSPS) is 5.05. The van der Waals surface area contributed by atoms with E-state index in [4.69, 9.17) is 56.2 Å². The van der Waals surface area contributed by atoms with Gasteiger partial charge in [0, 0.05) is 36.7 Å². The van der Waals surface area contributed by atoms with E-state index in [-0.39, 0.29) is 72.0 Å². The van der Waals surface area contributed by atoms with Gasteiger partial charge in [-0.3, -0.25) is 0 Å². The SMILES string of the molecule is O=[Si]([O-])[O-].O=[Si]([O-])[O-].O=[Si]([O-])[O-].O=[Si]([O-])[O-].[H+].[H+].[Mg+2].[Mg+2].[Mg+2]. The minimum absolute atomic E-state index is 0. The Morgan fingerprint density at radius 3 is 0.421 bits per heavy atom. The smallest absolute Gasteiger partial charge is 0.672 e. The van der Waals surface area contributed by atoms with Crippen LogP contribution in [0.1, 0.15) is 2.85 Å². The van der Waals surface area contributed by atoms with Gasteiger partial charge in [-0.1, -0.05) is 0 Å². The Kier molecular flexibility index (Phi) is 81.7. The molecule has 0 N–H and O–H groups in total. The van der Waals surface area contributed by atoms with Crippen molar-refractivity contribution in [1.29, 1.82) is 0 Å². The molecule has 0 aromatic heterocycles. The Hall–Kier alpha value is 0.766. The van der Waals surface area contributed by atoms with Crippen LogP contribution in [0.3, 0.4) is 0 Å². The van der Waals surface area contributed by atoms with E-state index >= 15 is 0 Å². The third-order valence-electron chi connectivity index (χ3n) is 0. The van der Waals surface area contributed by atoms with Crippen LogP contribution in [0.15, 0.2) is 0 Å². The summed E-state index contributed by atoms with van der Waals surface area (Å²) in [4.78, 5) is 68.1. The van der Waals surface area contributed by atoms with Crippen molar-refractivity contribution in [3.63, 3.8) is 0 Å². The van der Waals surface area contributed by atoms with Gasteiger partial charge in [-0.05, 0) is 0 Å². The molecule has 0 saturated carbocycles. The van der Waals surface area contributed by atoms with Crippen molar-refractivity contribution >= 4 is 106 Å². The molecule has 0 spiro atoms. The molecule has 0 amide bonds. The molecule has 0 aliphatic carbocycles. The van der Waals surface area contributed by atoms with E-state index in [1.807, 2.05) is 0 Å². The molecule has 0 aromatic rings. The summed E-state index contributed by atoms with van der Waals surface area (Å²) >= 11 is 0. The maximum Gasteiger partial charge on any atom is 2.00 e. The van der Waals surface area contributed by atoms with Gasteiger partial charge < -0.3 is 56.2 Å². The summed E-state index contributed by atoms with van der Waals surface area (Å²) in [5, 5.41) is 0. The van der Waals surface area contributed by atoms with Gasteiger partial charge in [0.05, 0.1) is 0 Å². The molecule has 0 aliphatic heterocycles. The summed E-state index contributed by atoms with van der Waals surface area (Å²) in [5.41, 5.74) is 0. The van der Waals surface area contributed by atoms with Gasteiger partial charge in [0.2, 0.25) is 0 Å². The van der Waals surface area contributed by atoms with Crippen LogP contribution in [0.25, 0.3) is 0 Å². The second-order valence-corrected chi connectivity index (χ2v) is 3.00. The zero-order valence-electron chi connectivity index (χ0n) is 11.0. The predicted octanol–water partition coefficient (Wildman–Crippen LogP) is -12.4. The molecule has 0 heterocycles. The van der Waals surface area contributed by atoms with E-state index < -0.39 is 36.7 Å². The van der Waals surface area contributed by atoms with E-state index in [0.29, 0.717) is 0 Å². The second kappa shape index (κ2) is 36.3. The van der Waals surface area contributed by atoms with Crippen LogP contribution in [0.5, 0.6) is 0 Å². The third kappa shape index (κ3) is 8990. The first-order valence-electron chi connectivity index (χ1n) is 2.45. The second-order valence-electron chi connectivity index (χ2n) is 1.00. The Balaban J connectivity index is -0.0000000121. The Bertz CT molecular complexity index is 175. The molecule has 0 bridgehead atoms. The summed E-state index contributed by atoms with van der Waals surface area (Å²) in [7, 11) is -14.5. The molecule has 0 saturated heterocycles. The maximum atomic E-state index is 8.52. The molecular weight excluding hydrogens is 377 g/mol. The molecule has 0 atom stereocenters. The number of hydrogen-bond acceptors (Lipinski definition) is 12. The molecular formula is H2Mg3O12Si4. The molecule has 19 heavy (non-hydrogen) atoms. The van der Waals surface area contributed by atoms with Crippen LogP contribution in [0.4, 0.5) is 0 Å². The Morgan fingerprint density at radius 2 is 0.421 bits per heavy atom. The van der Waals surface area contributed by atoms with Crippen molar-refractivity contribution in [2.75, 3.05) is 0 Å². The van der Waals surface area contributed by atoms with Crippen LogP contribution >= 0.6 is 0 Å². The van der Waals surface area contributed by atoms with Gasteiger partial charge in [0.1, 0.15) is 0 Å². The van der Waals surface area contributed by atoms with E-state index in [0.717, 1.165) is 0 Å². The summed E-state index contributed by atoms with van der Waals surface area (Å²) in [6.07, 6.45) is 0. The average Bonchev–Trinajstić information content (AvgIpc) is 1.76. The Morgan fingerprint density at radius 1 is 0.421 bits per heavy atom. The molecule has 0 rings (SSSR count). The largest absolute Gasteiger partial charge is 2.00 e. The molecule has 96 valence electrons. The zero-order valence-corrected chi connectivity index (χ0v) is 17.3. The first kappa shape index (κ1) is 42.7. The van der Waals surface area contributed by atoms with Crippen molar-refractivity contribution in [3.8, 4) is 0 Å². The fourth-order valence-electron chi connectivity index (χ4n) is 0. The van der Waals surface area contributed by atoms with Gasteiger partial charge in [-0.2, -0.15) is 0 Å². The first-order chi connectivity index (χ1) is 6.93. The van der Waals surface area contributed by atoms with E-state index in [1.54, 1.807) is 0 Å². The van der Waals surface area contributed by atoms with Crippen LogP contribution < -0.4 is 38.4 Å². The van der Waals surface area contributed by atoms with Crippen molar-refractivity contribution in [2.45, 2.75) is 0 Å². The van der Waals surface area contributed by atoms with Crippen LogP contribution in [0, 0.1) is 0 Å². The number of rotatable bonds is 0. The van der Waals surface area contributed by atoms with Crippen molar-refractivity contribution in [3.05, 3.63) is 0 Å². The van der Waals surface area contributed by atoms with E-state index in [2.05, 4.69) is 0 Å². The van der Waals surface area contributed by atoms with Crippen molar-refractivity contribution in [2.24, 2.45) is 0 Å². The van der Waals surface area contributed by atoms with Crippen molar-refractivity contribution in [1.82, 2.24) is 0 Å². The van der Waals surface area contributed by atoms with Gasteiger partial charge >= 0.3 is 72.0 Å². The van der Waals surface area contributed by atoms with Crippen molar-refractivity contribution < 1.29 is 59.1 Å². The Labute approximate surface area is 163 Å². The van der Waals surface area contributed by atoms with Crippen LogP contribution in [-0.4, -0.2) is 106 Å². The molecule has 0 radical (unpaired) electrons.